The number of anilines is 1. The van der Waals surface area contributed by atoms with Crippen molar-refractivity contribution in [1.29, 1.82) is 0 Å². The number of benzene rings is 2. The molecule has 0 aliphatic heterocycles. The second-order valence-electron chi connectivity index (χ2n) is 6.46. The topological polar surface area (TPSA) is 54.3 Å². The van der Waals surface area contributed by atoms with Crippen molar-refractivity contribution >= 4 is 63.1 Å². The first-order chi connectivity index (χ1) is 13.2. The minimum atomic E-state index is -0.416. The lowest BCUT2D eigenvalue weighted by molar-refractivity contribution is 0.0951. The van der Waals surface area contributed by atoms with Crippen LogP contribution in [-0.2, 0) is 0 Å². The van der Waals surface area contributed by atoms with E-state index in [1.807, 2.05) is 51.1 Å². The van der Waals surface area contributed by atoms with Crippen LogP contribution in [0, 0.1) is 24.3 Å². The van der Waals surface area contributed by atoms with E-state index < -0.39 is 5.91 Å². The third-order valence-electron chi connectivity index (χ3n) is 4.21. The van der Waals surface area contributed by atoms with E-state index in [0.717, 1.165) is 27.9 Å². The molecule has 144 valence electrons. The predicted molar refractivity (Wildman–Crippen MR) is 126 cm³/mol. The SMILES string of the molecule is Cc1ccc(-c2ccc(C(=O)NC(=S)Nc3cc(C)c(I)c(C)c3)o2)cc1Cl. The molecule has 0 radical (unpaired) electrons. The highest BCUT2D eigenvalue weighted by molar-refractivity contribution is 14.1. The highest BCUT2D eigenvalue weighted by Gasteiger charge is 2.14. The molecular formula is C21H18ClIN2O2S. The van der Waals surface area contributed by atoms with Crippen LogP contribution in [0.25, 0.3) is 11.3 Å². The molecule has 4 nitrogen and oxygen atoms in total. The van der Waals surface area contributed by atoms with Crippen LogP contribution in [0.4, 0.5) is 5.69 Å². The Bertz CT molecular complexity index is 1060. The number of hydrogen-bond acceptors (Lipinski definition) is 3. The summed E-state index contributed by atoms with van der Waals surface area (Å²) in [5.41, 5.74) is 4.90. The van der Waals surface area contributed by atoms with Gasteiger partial charge in [-0.1, -0.05) is 23.7 Å². The zero-order valence-corrected chi connectivity index (χ0v) is 19.3. The number of rotatable bonds is 3. The fourth-order valence-electron chi connectivity index (χ4n) is 2.71. The van der Waals surface area contributed by atoms with Crippen molar-refractivity contribution in [1.82, 2.24) is 5.32 Å². The number of aryl methyl sites for hydroxylation is 3. The van der Waals surface area contributed by atoms with Gasteiger partial charge in [-0.25, -0.2) is 0 Å². The second kappa shape index (κ2) is 8.63. The van der Waals surface area contributed by atoms with E-state index in [2.05, 4.69) is 33.2 Å². The molecule has 0 aliphatic rings. The van der Waals surface area contributed by atoms with Crippen molar-refractivity contribution in [2.45, 2.75) is 20.8 Å². The summed E-state index contributed by atoms with van der Waals surface area (Å²) in [5.74, 6) is 0.321. The summed E-state index contributed by atoms with van der Waals surface area (Å²) in [6.07, 6.45) is 0. The van der Waals surface area contributed by atoms with Gasteiger partial charge in [0.1, 0.15) is 5.76 Å². The number of hydrogen-bond donors (Lipinski definition) is 2. The molecule has 0 bridgehead atoms. The molecule has 28 heavy (non-hydrogen) atoms. The maximum absolute atomic E-state index is 12.4. The number of thiocarbonyl (C=S) groups is 1. The van der Waals surface area contributed by atoms with Gasteiger partial charge in [0.05, 0.1) is 0 Å². The predicted octanol–water partition coefficient (Wildman–Crippen LogP) is 6.26. The largest absolute Gasteiger partial charge is 0.451 e. The number of furan rings is 1. The van der Waals surface area contributed by atoms with Gasteiger partial charge in [-0.3, -0.25) is 10.1 Å². The zero-order valence-electron chi connectivity index (χ0n) is 15.5. The van der Waals surface area contributed by atoms with Crippen molar-refractivity contribution in [2.75, 3.05) is 5.32 Å². The summed E-state index contributed by atoms with van der Waals surface area (Å²) in [5, 5.41) is 6.54. The second-order valence-corrected chi connectivity index (χ2v) is 8.35. The Balaban J connectivity index is 1.69. The molecule has 1 aromatic heterocycles. The molecular weight excluding hydrogens is 507 g/mol. The van der Waals surface area contributed by atoms with Gasteiger partial charge in [0, 0.05) is 19.8 Å². The van der Waals surface area contributed by atoms with Gasteiger partial charge in [0.2, 0.25) is 0 Å². The first kappa shape index (κ1) is 20.8. The highest BCUT2D eigenvalue weighted by Crippen LogP contribution is 2.27. The molecule has 0 unspecified atom stereocenters. The third-order valence-corrected chi connectivity index (χ3v) is 6.52. The van der Waals surface area contributed by atoms with E-state index in [0.29, 0.717) is 10.8 Å². The minimum absolute atomic E-state index is 0.172. The number of amides is 1. The summed E-state index contributed by atoms with van der Waals surface area (Å²) >= 11 is 13.7. The quantitative estimate of drug-likeness (QED) is 0.314. The normalized spacial score (nSPS) is 10.6. The van der Waals surface area contributed by atoms with Gasteiger partial charge in [-0.05, 0) is 103 Å². The summed E-state index contributed by atoms with van der Waals surface area (Å²) in [6.45, 7) is 5.99. The Hall–Kier alpha value is -1.90. The number of carbonyl (C=O) groups is 1. The van der Waals surface area contributed by atoms with Crippen LogP contribution in [0.15, 0.2) is 46.9 Å². The molecule has 7 heteroatoms. The summed E-state index contributed by atoms with van der Waals surface area (Å²) < 4.78 is 6.88. The van der Waals surface area contributed by atoms with Crippen molar-refractivity contribution < 1.29 is 9.21 Å². The Morgan fingerprint density at radius 2 is 1.71 bits per heavy atom. The zero-order chi connectivity index (χ0) is 20.4. The lowest BCUT2D eigenvalue weighted by atomic mass is 10.1. The minimum Gasteiger partial charge on any atom is -0.451 e. The van der Waals surface area contributed by atoms with Crippen LogP contribution >= 0.6 is 46.4 Å². The van der Waals surface area contributed by atoms with Gasteiger partial charge >= 0.3 is 0 Å². The van der Waals surface area contributed by atoms with Gasteiger partial charge in [0.25, 0.3) is 5.91 Å². The number of halogens is 2. The van der Waals surface area contributed by atoms with Crippen LogP contribution in [0.1, 0.15) is 27.2 Å². The molecule has 2 aromatic carbocycles. The molecule has 3 rings (SSSR count). The molecule has 0 saturated carbocycles. The molecule has 0 fully saturated rings. The molecule has 1 heterocycles. The van der Waals surface area contributed by atoms with Gasteiger partial charge < -0.3 is 9.73 Å². The monoisotopic (exact) mass is 524 g/mol. The highest BCUT2D eigenvalue weighted by atomic mass is 127. The first-order valence-electron chi connectivity index (χ1n) is 8.50. The van der Waals surface area contributed by atoms with Crippen LogP contribution in [0.5, 0.6) is 0 Å². The molecule has 0 aliphatic carbocycles. The Morgan fingerprint density at radius 3 is 2.36 bits per heavy atom. The third kappa shape index (κ3) is 4.74. The van der Waals surface area contributed by atoms with E-state index in [1.54, 1.807) is 12.1 Å². The molecule has 0 atom stereocenters. The van der Waals surface area contributed by atoms with Crippen LogP contribution in [0.3, 0.4) is 0 Å². The van der Waals surface area contributed by atoms with Crippen molar-refractivity contribution in [3.63, 3.8) is 0 Å². The van der Waals surface area contributed by atoms with E-state index in [1.165, 1.54) is 3.57 Å². The average Bonchev–Trinajstić information content (AvgIpc) is 3.12. The van der Waals surface area contributed by atoms with E-state index in [9.17, 15) is 4.79 Å². The fourth-order valence-corrected chi connectivity index (χ4v) is 3.41. The van der Waals surface area contributed by atoms with Gasteiger partial charge in [-0.15, -0.1) is 0 Å². The summed E-state index contributed by atoms with van der Waals surface area (Å²) in [4.78, 5) is 12.4. The average molecular weight is 525 g/mol. The van der Waals surface area contributed by atoms with Crippen LogP contribution in [-0.4, -0.2) is 11.0 Å². The van der Waals surface area contributed by atoms with Crippen LogP contribution in [0.2, 0.25) is 5.02 Å². The van der Waals surface area contributed by atoms with E-state index >= 15 is 0 Å². The Morgan fingerprint density at radius 1 is 1.04 bits per heavy atom. The molecule has 0 saturated heterocycles. The number of carbonyl (C=O) groups excluding carboxylic acids is 1. The summed E-state index contributed by atoms with van der Waals surface area (Å²) in [7, 11) is 0. The molecule has 1 amide bonds. The van der Waals surface area contributed by atoms with Crippen LogP contribution < -0.4 is 10.6 Å². The maximum Gasteiger partial charge on any atom is 0.293 e. The Kier molecular flexibility index (Phi) is 6.42. The van der Waals surface area contributed by atoms with Crippen molar-refractivity contribution in [2.24, 2.45) is 0 Å². The first-order valence-corrected chi connectivity index (χ1v) is 10.4. The van der Waals surface area contributed by atoms with Gasteiger partial charge in [-0.2, -0.15) is 0 Å². The van der Waals surface area contributed by atoms with Crippen molar-refractivity contribution in [3.05, 3.63) is 73.5 Å². The standard InChI is InChI=1S/C21H18ClIN2O2S/c1-11-4-5-14(10-16(11)22)17-6-7-18(27-17)20(26)25-21(28)24-15-8-12(2)19(23)13(3)9-15/h4-10H,1-3H3,(H2,24,25,26,28). The maximum atomic E-state index is 12.4. The fraction of sp³-hybridized carbons (Fsp3) is 0.143. The number of nitrogens with one attached hydrogen (secondary N) is 2. The molecule has 3 aromatic rings. The van der Waals surface area contributed by atoms with E-state index in [-0.39, 0.29) is 10.9 Å². The lowest BCUT2D eigenvalue weighted by Crippen LogP contribution is -2.33. The molecule has 0 spiro atoms. The molecule has 2 N–H and O–H groups in total. The van der Waals surface area contributed by atoms with Crippen molar-refractivity contribution in [3.8, 4) is 11.3 Å². The lowest BCUT2D eigenvalue weighted by Gasteiger charge is -2.11. The van der Waals surface area contributed by atoms with Gasteiger partial charge in [0.15, 0.2) is 10.9 Å². The smallest absolute Gasteiger partial charge is 0.293 e. The summed E-state index contributed by atoms with van der Waals surface area (Å²) in [6, 6.07) is 12.9. The Labute approximate surface area is 187 Å². The van der Waals surface area contributed by atoms with E-state index in [4.69, 9.17) is 28.2 Å².